The zero-order valence-electron chi connectivity index (χ0n) is 16.1. The SMILES string of the molecule is OC1(CNc2ncnc(N3CCCC3c3ccc(C(F)(F)F)cc3)c2F)CCOC1. The first-order valence-electron chi connectivity index (χ1n) is 9.75. The van der Waals surface area contributed by atoms with Crippen molar-refractivity contribution in [1.82, 2.24) is 9.97 Å². The van der Waals surface area contributed by atoms with Crippen molar-refractivity contribution < 1.29 is 27.4 Å². The van der Waals surface area contributed by atoms with Gasteiger partial charge in [0.25, 0.3) is 0 Å². The first-order chi connectivity index (χ1) is 14.3. The largest absolute Gasteiger partial charge is 0.416 e. The Morgan fingerprint density at radius 3 is 2.67 bits per heavy atom. The van der Waals surface area contributed by atoms with Gasteiger partial charge < -0.3 is 20.1 Å². The zero-order chi connectivity index (χ0) is 21.4. The summed E-state index contributed by atoms with van der Waals surface area (Å²) in [5, 5.41) is 13.2. The molecule has 10 heteroatoms. The van der Waals surface area contributed by atoms with Gasteiger partial charge in [-0.1, -0.05) is 12.1 Å². The van der Waals surface area contributed by atoms with Crippen molar-refractivity contribution in [2.45, 2.75) is 37.1 Å². The standard InChI is InChI=1S/C20H22F4N4O2/c21-16-17(25-10-19(29)7-9-30-11-19)26-12-27-18(16)28-8-1-2-15(28)13-3-5-14(6-4-13)20(22,23)24/h3-6,12,15,29H,1-2,7-11H2,(H,25,26,27). The fraction of sp³-hybridized carbons (Fsp3) is 0.500. The van der Waals surface area contributed by atoms with Gasteiger partial charge in [-0.05, 0) is 30.5 Å². The molecule has 4 rings (SSSR count). The zero-order valence-corrected chi connectivity index (χ0v) is 16.1. The van der Waals surface area contributed by atoms with E-state index in [4.69, 9.17) is 4.74 Å². The molecule has 2 aromatic rings. The second-order valence-electron chi connectivity index (χ2n) is 7.71. The van der Waals surface area contributed by atoms with Crippen LogP contribution in [-0.4, -0.2) is 47.0 Å². The molecular formula is C20H22F4N4O2. The van der Waals surface area contributed by atoms with Gasteiger partial charge in [0, 0.05) is 26.1 Å². The van der Waals surface area contributed by atoms with Gasteiger partial charge in [0.2, 0.25) is 5.82 Å². The number of aromatic nitrogens is 2. The van der Waals surface area contributed by atoms with Gasteiger partial charge in [0.1, 0.15) is 11.9 Å². The molecule has 6 nitrogen and oxygen atoms in total. The molecule has 162 valence electrons. The van der Waals surface area contributed by atoms with Crippen LogP contribution in [0.15, 0.2) is 30.6 Å². The lowest BCUT2D eigenvalue weighted by Gasteiger charge is -2.27. The first-order valence-corrected chi connectivity index (χ1v) is 9.75. The van der Waals surface area contributed by atoms with Crippen molar-refractivity contribution in [1.29, 1.82) is 0 Å². The molecule has 30 heavy (non-hydrogen) atoms. The Balaban J connectivity index is 1.54. The maximum atomic E-state index is 15.1. The normalized spacial score (nSPS) is 24.4. The van der Waals surface area contributed by atoms with Crippen LogP contribution in [0.2, 0.25) is 0 Å². The Kier molecular flexibility index (Phi) is 5.54. The van der Waals surface area contributed by atoms with Gasteiger partial charge in [0.15, 0.2) is 11.6 Å². The lowest BCUT2D eigenvalue weighted by Crippen LogP contribution is -2.37. The number of rotatable bonds is 5. The number of nitrogens with zero attached hydrogens (tertiary/aromatic N) is 3. The molecule has 0 spiro atoms. The van der Waals surface area contributed by atoms with Crippen LogP contribution in [0.25, 0.3) is 0 Å². The second-order valence-corrected chi connectivity index (χ2v) is 7.71. The van der Waals surface area contributed by atoms with Crippen LogP contribution < -0.4 is 10.2 Å². The van der Waals surface area contributed by atoms with Crippen LogP contribution in [0.5, 0.6) is 0 Å². The Bertz CT molecular complexity index is 885. The number of ether oxygens (including phenoxy) is 1. The molecule has 1 aromatic carbocycles. The molecule has 0 bridgehead atoms. The number of alkyl halides is 3. The molecule has 0 saturated carbocycles. The van der Waals surface area contributed by atoms with Crippen molar-refractivity contribution in [3.8, 4) is 0 Å². The van der Waals surface area contributed by atoms with Gasteiger partial charge in [-0.2, -0.15) is 17.6 Å². The minimum Gasteiger partial charge on any atom is -0.386 e. The van der Waals surface area contributed by atoms with Gasteiger partial charge in [-0.15, -0.1) is 0 Å². The highest BCUT2D eigenvalue weighted by atomic mass is 19.4. The minimum atomic E-state index is -4.40. The molecule has 2 atom stereocenters. The second kappa shape index (κ2) is 7.99. The summed E-state index contributed by atoms with van der Waals surface area (Å²) in [6.07, 6.45) is -1.29. The number of aliphatic hydroxyl groups is 1. The molecule has 0 aliphatic carbocycles. The van der Waals surface area contributed by atoms with Crippen LogP contribution in [0.4, 0.5) is 29.2 Å². The van der Waals surface area contributed by atoms with E-state index in [1.807, 2.05) is 0 Å². The van der Waals surface area contributed by atoms with Crippen LogP contribution in [-0.2, 0) is 10.9 Å². The van der Waals surface area contributed by atoms with E-state index >= 15 is 4.39 Å². The molecule has 3 heterocycles. The first kappa shape index (κ1) is 20.8. The van der Waals surface area contributed by atoms with E-state index in [0.717, 1.165) is 18.6 Å². The summed E-state index contributed by atoms with van der Waals surface area (Å²) in [6, 6.07) is 4.66. The lowest BCUT2D eigenvalue weighted by molar-refractivity contribution is -0.137. The van der Waals surface area contributed by atoms with E-state index in [-0.39, 0.29) is 30.8 Å². The average Bonchev–Trinajstić information content (AvgIpc) is 3.36. The summed E-state index contributed by atoms with van der Waals surface area (Å²) in [7, 11) is 0. The highest BCUT2D eigenvalue weighted by molar-refractivity contribution is 5.53. The molecule has 2 unspecified atom stereocenters. The van der Waals surface area contributed by atoms with Crippen molar-refractivity contribution >= 4 is 11.6 Å². The van der Waals surface area contributed by atoms with Crippen molar-refractivity contribution in [3.05, 3.63) is 47.5 Å². The molecule has 2 fully saturated rings. The van der Waals surface area contributed by atoms with Crippen LogP contribution >= 0.6 is 0 Å². The maximum absolute atomic E-state index is 15.1. The molecule has 0 amide bonds. The fourth-order valence-electron chi connectivity index (χ4n) is 3.93. The van der Waals surface area contributed by atoms with E-state index < -0.39 is 23.2 Å². The Labute approximate surface area is 170 Å². The summed E-state index contributed by atoms with van der Waals surface area (Å²) in [6.45, 7) is 1.22. The third-order valence-corrected chi connectivity index (χ3v) is 5.59. The van der Waals surface area contributed by atoms with E-state index in [9.17, 15) is 18.3 Å². The van der Waals surface area contributed by atoms with Crippen LogP contribution in [0.1, 0.15) is 36.4 Å². The maximum Gasteiger partial charge on any atom is 0.416 e. The molecule has 1 aromatic heterocycles. The van der Waals surface area contributed by atoms with Crippen molar-refractivity contribution in [3.63, 3.8) is 0 Å². The number of anilines is 2. The van der Waals surface area contributed by atoms with E-state index in [1.54, 1.807) is 4.90 Å². The predicted octanol–water partition coefficient (Wildman–Crippen LogP) is 3.54. The molecule has 2 N–H and O–H groups in total. The number of benzene rings is 1. The average molecular weight is 426 g/mol. The molecule has 2 saturated heterocycles. The number of nitrogens with one attached hydrogen (secondary N) is 1. The summed E-state index contributed by atoms with van der Waals surface area (Å²) >= 11 is 0. The van der Waals surface area contributed by atoms with Gasteiger partial charge >= 0.3 is 6.18 Å². The summed E-state index contributed by atoms with van der Waals surface area (Å²) in [4.78, 5) is 9.77. The quantitative estimate of drug-likeness (QED) is 0.713. The Hall–Kier alpha value is -2.46. The monoisotopic (exact) mass is 426 g/mol. The third-order valence-electron chi connectivity index (χ3n) is 5.59. The molecule has 2 aliphatic rings. The topological polar surface area (TPSA) is 70.5 Å². The van der Waals surface area contributed by atoms with Crippen molar-refractivity contribution in [2.24, 2.45) is 0 Å². The van der Waals surface area contributed by atoms with Gasteiger partial charge in [0.05, 0.1) is 18.2 Å². The summed E-state index contributed by atoms with van der Waals surface area (Å²) in [5.74, 6) is -0.596. The van der Waals surface area contributed by atoms with E-state index in [2.05, 4.69) is 15.3 Å². The number of hydrogen-bond donors (Lipinski definition) is 2. The Morgan fingerprint density at radius 1 is 1.23 bits per heavy atom. The third kappa shape index (κ3) is 4.20. The summed E-state index contributed by atoms with van der Waals surface area (Å²) < 4.78 is 58.8. The highest BCUT2D eigenvalue weighted by Gasteiger charge is 2.34. The highest BCUT2D eigenvalue weighted by Crippen LogP contribution is 2.38. The van der Waals surface area contributed by atoms with Crippen molar-refractivity contribution in [2.75, 3.05) is 36.5 Å². The lowest BCUT2D eigenvalue weighted by atomic mass is 10.0. The van der Waals surface area contributed by atoms with Crippen LogP contribution in [0, 0.1) is 5.82 Å². The molecular weight excluding hydrogens is 404 g/mol. The molecule has 2 aliphatic heterocycles. The Morgan fingerprint density at radius 2 is 2.00 bits per heavy atom. The van der Waals surface area contributed by atoms with E-state index in [1.165, 1.54) is 18.5 Å². The van der Waals surface area contributed by atoms with Gasteiger partial charge in [-0.25, -0.2) is 9.97 Å². The minimum absolute atomic E-state index is 0.0293. The van der Waals surface area contributed by atoms with Gasteiger partial charge in [-0.3, -0.25) is 0 Å². The summed E-state index contributed by atoms with van der Waals surface area (Å²) in [5.41, 5.74) is -1.12. The van der Waals surface area contributed by atoms with E-state index in [0.29, 0.717) is 31.6 Å². The van der Waals surface area contributed by atoms with Crippen LogP contribution in [0.3, 0.4) is 0 Å². The smallest absolute Gasteiger partial charge is 0.386 e. The predicted molar refractivity (Wildman–Crippen MR) is 102 cm³/mol. The molecule has 0 radical (unpaired) electrons. The fourth-order valence-corrected chi connectivity index (χ4v) is 3.93. The number of halogens is 4. The number of hydrogen-bond acceptors (Lipinski definition) is 6.